The second-order valence-electron chi connectivity index (χ2n) is 8.89. The molecule has 0 fully saturated rings. The predicted octanol–water partition coefficient (Wildman–Crippen LogP) is 3.68. The van der Waals surface area contributed by atoms with E-state index in [9.17, 15) is 4.79 Å². The number of nitrogens with zero attached hydrogens (tertiary/aromatic N) is 3. The molecule has 40 heavy (non-hydrogen) atoms. The molecule has 0 radical (unpaired) electrons. The summed E-state index contributed by atoms with van der Waals surface area (Å²) in [5.74, 6) is 1.26. The summed E-state index contributed by atoms with van der Waals surface area (Å²) in [6, 6.07) is 15.0. The molecule has 0 spiro atoms. The molecule has 0 atom stereocenters. The summed E-state index contributed by atoms with van der Waals surface area (Å²) in [6.07, 6.45) is 2.08. The number of amides is 1. The van der Waals surface area contributed by atoms with Crippen molar-refractivity contribution in [3.63, 3.8) is 0 Å². The SMILES string of the molecule is CCCCNc1nc(NCc2ccc(Cl)cc2)nc(NCc2ccc(C(=O)NCCOCCOCCN)cc2)n1. The fourth-order valence-corrected chi connectivity index (χ4v) is 3.60. The average Bonchev–Trinajstić information content (AvgIpc) is 2.97. The minimum atomic E-state index is -0.154. The summed E-state index contributed by atoms with van der Waals surface area (Å²) in [5.41, 5.74) is 7.98. The molecule has 12 heteroatoms. The number of benzene rings is 2. The van der Waals surface area contributed by atoms with Gasteiger partial charge < -0.3 is 36.5 Å². The van der Waals surface area contributed by atoms with Gasteiger partial charge in [0.25, 0.3) is 5.91 Å². The van der Waals surface area contributed by atoms with Gasteiger partial charge in [0.05, 0.1) is 26.4 Å². The third-order valence-electron chi connectivity index (χ3n) is 5.65. The van der Waals surface area contributed by atoms with E-state index < -0.39 is 0 Å². The van der Waals surface area contributed by atoms with Crippen LogP contribution >= 0.6 is 11.6 Å². The Hall–Kier alpha value is -3.51. The Balaban J connectivity index is 1.50. The summed E-state index contributed by atoms with van der Waals surface area (Å²) >= 11 is 5.99. The van der Waals surface area contributed by atoms with Crippen LogP contribution in [0.1, 0.15) is 41.3 Å². The largest absolute Gasteiger partial charge is 0.378 e. The van der Waals surface area contributed by atoms with Crippen molar-refractivity contribution < 1.29 is 14.3 Å². The summed E-state index contributed by atoms with van der Waals surface area (Å²) in [4.78, 5) is 25.9. The number of nitrogens with one attached hydrogen (secondary N) is 4. The molecule has 0 saturated heterocycles. The normalized spacial score (nSPS) is 10.8. The Bertz CT molecular complexity index is 1150. The molecule has 1 amide bonds. The number of hydrogen-bond donors (Lipinski definition) is 5. The first-order valence-electron chi connectivity index (χ1n) is 13.5. The summed E-state index contributed by atoms with van der Waals surface area (Å²) < 4.78 is 10.7. The number of nitrogens with two attached hydrogens (primary N) is 1. The number of carbonyl (C=O) groups excluding carboxylic acids is 1. The van der Waals surface area contributed by atoms with Gasteiger partial charge in [-0.25, -0.2) is 0 Å². The van der Waals surface area contributed by atoms with Crippen molar-refractivity contribution >= 4 is 35.4 Å². The summed E-state index contributed by atoms with van der Waals surface area (Å²) in [5, 5.41) is 13.3. The lowest BCUT2D eigenvalue weighted by atomic mass is 10.1. The van der Waals surface area contributed by atoms with Gasteiger partial charge in [-0.3, -0.25) is 4.79 Å². The highest BCUT2D eigenvalue weighted by Gasteiger charge is 2.08. The predicted molar refractivity (Wildman–Crippen MR) is 159 cm³/mol. The van der Waals surface area contributed by atoms with Crippen molar-refractivity contribution in [1.82, 2.24) is 20.3 Å². The lowest BCUT2D eigenvalue weighted by Gasteiger charge is -2.12. The molecule has 0 aliphatic rings. The second-order valence-corrected chi connectivity index (χ2v) is 9.32. The number of hydrogen-bond acceptors (Lipinski definition) is 10. The van der Waals surface area contributed by atoms with Crippen LogP contribution in [-0.2, 0) is 22.6 Å². The van der Waals surface area contributed by atoms with E-state index in [-0.39, 0.29) is 5.91 Å². The van der Waals surface area contributed by atoms with E-state index in [1.54, 1.807) is 12.1 Å². The van der Waals surface area contributed by atoms with Crippen molar-refractivity contribution in [2.24, 2.45) is 5.73 Å². The van der Waals surface area contributed by atoms with Crippen molar-refractivity contribution in [2.75, 3.05) is 62.0 Å². The zero-order valence-corrected chi connectivity index (χ0v) is 23.7. The van der Waals surface area contributed by atoms with Gasteiger partial charge in [0, 0.05) is 43.3 Å². The molecule has 1 heterocycles. The van der Waals surface area contributed by atoms with Gasteiger partial charge in [-0.1, -0.05) is 49.2 Å². The molecule has 0 unspecified atom stereocenters. The second kappa shape index (κ2) is 18.0. The van der Waals surface area contributed by atoms with Crippen LogP contribution in [0.3, 0.4) is 0 Å². The Morgan fingerprint density at radius 1 is 0.775 bits per heavy atom. The van der Waals surface area contributed by atoms with Crippen LogP contribution in [0, 0.1) is 0 Å². The van der Waals surface area contributed by atoms with Crippen LogP contribution in [0.5, 0.6) is 0 Å². The van der Waals surface area contributed by atoms with Crippen LogP contribution in [0.15, 0.2) is 48.5 Å². The van der Waals surface area contributed by atoms with Gasteiger partial charge in [0.15, 0.2) is 0 Å². The van der Waals surface area contributed by atoms with Crippen molar-refractivity contribution in [1.29, 1.82) is 0 Å². The van der Waals surface area contributed by atoms with Crippen LogP contribution < -0.4 is 27.0 Å². The molecule has 0 saturated carbocycles. The Kier molecular flexibility index (Phi) is 13.9. The monoisotopic (exact) mass is 570 g/mol. The number of rotatable bonds is 19. The lowest BCUT2D eigenvalue weighted by molar-refractivity contribution is 0.0511. The molecule has 11 nitrogen and oxygen atoms in total. The molecule has 216 valence electrons. The minimum Gasteiger partial charge on any atom is -0.378 e. The van der Waals surface area contributed by atoms with E-state index in [0.717, 1.165) is 30.5 Å². The van der Waals surface area contributed by atoms with E-state index in [1.165, 1.54) is 0 Å². The quantitative estimate of drug-likeness (QED) is 0.135. The fourth-order valence-electron chi connectivity index (χ4n) is 3.47. The van der Waals surface area contributed by atoms with Gasteiger partial charge in [0.1, 0.15) is 0 Å². The molecule has 2 aromatic carbocycles. The molecule has 0 aliphatic carbocycles. The third kappa shape index (κ3) is 11.7. The number of carbonyl (C=O) groups is 1. The third-order valence-corrected chi connectivity index (χ3v) is 5.90. The highest BCUT2D eigenvalue weighted by atomic mass is 35.5. The van der Waals surface area contributed by atoms with E-state index in [2.05, 4.69) is 43.1 Å². The molecule has 1 aromatic heterocycles. The molecular formula is C28H39ClN8O3. The highest BCUT2D eigenvalue weighted by Crippen LogP contribution is 2.14. The van der Waals surface area contributed by atoms with Crippen LogP contribution in [-0.4, -0.2) is 66.9 Å². The van der Waals surface area contributed by atoms with Crippen LogP contribution in [0.2, 0.25) is 5.02 Å². The molecule has 6 N–H and O–H groups in total. The number of halogens is 1. The molecule has 0 aliphatic heterocycles. The van der Waals surface area contributed by atoms with E-state index in [4.69, 9.17) is 26.8 Å². The van der Waals surface area contributed by atoms with Gasteiger partial charge in [0.2, 0.25) is 17.8 Å². The molecule has 0 bridgehead atoms. The van der Waals surface area contributed by atoms with Gasteiger partial charge in [-0.15, -0.1) is 0 Å². The van der Waals surface area contributed by atoms with Crippen LogP contribution in [0.25, 0.3) is 0 Å². The minimum absolute atomic E-state index is 0.154. The Morgan fingerprint density at radius 3 is 1.90 bits per heavy atom. The van der Waals surface area contributed by atoms with E-state index >= 15 is 0 Å². The van der Waals surface area contributed by atoms with E-state index in [0.29, 0.717) is 81.0 Å². The highest BCUT2D eigenvalue weighted by molar-refractivity contribution is 6.30. The van der Waals surface area contributed by atoms with Gasteiger partial charge in [-0.2, -0.15) is 15.0 Å². The van der Waals surface area contributed by atoms with Crippen molar-refractivity contribution in [2.45, 2.75) is 32.9 Å². The summed E-state index contributed by atoms with van der Waals surface area (Å²) in [6.45, 7) is 6.73. The first kappa shape index (κ1) is 31.0. The van der Waals surface area contributed by atoms with Gasteiger partial charge >= 0.3 is 0 Å². The smallest absolute Gasteiger partial charge is 0.251 e. The molecule has 3 aromatic rings. The van der Waals surface area contributed by atoms with Crippen molar-refractivity contribution in [3.05, 3.63) is 70.2 Å². The average molecular weight is 571 g/mol. The topological polar surface area (TPSA) is 148 Å². The number of unbranched alkanes of at least 4 members (excludes halogenated alkanes) is 1. The number of ether oxygens (including phenoxy) is 2. The van der Waals surface area contributed by atoms with Gasteiger partial charge in [-0.05, 0) is 41.8 Å². The molecular weight excluding hydrogens is 532 g/mol. The Morgan fingerprint density at radius 2 is 1.32 bits per heavy atom. The Labute approximate surface area is 240 Å². The fraction of sp³-hybridized carbons (Fsp3) is 0.429. The number of anilines is 3. The summed E-state index contributed by atoms with van der Waals surface area (Å²) in [7, 11) is 0. The number of aromatic nitrogens is 3. The van der Waals surface area contributed by atoms with E-state index in [1.807, 2.05) is 36.4 Å². The zero-order valence-electron chi connectivity index (χ0n) is 22.9. The lowest BCUT2D eigenvalue weighted by Crippen LogP contribution is -2.27. The van der Waals surface area contributed by atoms with Crippen LogP contribution in [0.4, 0.5) is 17.8 Å². The van der Waals surface area contributed by atoms with Crippen molar-refractivity contribution in [3.8, 4) is 0 Å². The zero-order chi connectivity index (χ0) is 28.4. The first-order chi connectivity index (χ1) is 19.6. The first-order valence-corrected chi connectivity index (χ1v) is 13.9. The molecule has 3 rings (SSSR count). The maximum Gasteiger partial charge on any atom is 0.251 e. The maximum atomic E-state index is 12.4. The maximum absolute atomic E-state index is 12.4. The standard InChI is InChI=1S/C28H39ClN8O3/c1-2-3-13-32-26-35-27(37-28(36-26)34-20-22-6-10-24(29)11-7-22)33-19-21-4-8-23(9-5-21)25(38)31-14-16-40-18-17-39-15-12-30/h4-11H,2-3,12-20,30H2,1H3,(H,31,38)(H3,32,33,34,35,36,37).